The van der Waals surface area contributed by atoms with Gasteiger partial charge in [0.15, 0.2) is 0 Å². The van der Waals surface area contributed by atoms with Gasteiger partial charge < -0.3 is 9.47 Å². The molecule has 1 fully saturated rings. The van der Waals surface area contributed by atoms with E-state index < -0.39 is 11.9 Å². The summed E-state index contributed by atoms with van der Waals surface area (Å²) in [6, 6.07) is 3.67. The Labute approximate surface area is 103 Å². The van der Waals surface area contributed by atoms with E-state index in [1.165, 1.54) is 12.1 Å². The van der Waals surface area contributed by atoms with Crippen LogP contribution in [0, 0.1) is 5.92 Å². The van der Waals surface area contributed by atoms with E-state index in [9.17, 15) is 13.2 Å². The van der Waals surface area contributed by atoms with Gasteiger partial charge in [0.05, 0.1) is 6.61 Å². The number of hydrogen-bond acceptors (Lipinski definition) is 3. The van der Waals surface area contributed by atoms with Crippen LogP contribution in [0.25, 0.3) is 0 Å². The molecule has 0 aliphatic carbocycles. The lowest BCUT2D eigenvalue weighted by molar-refractivity contribution is -0.141. The second kappa shape index (κ2) is 5.56. The fourth-order valence-corrected chi connectivity index (χ4v) is 1.77. The molecular weight excluding hydrogens is 247 g/mol. The second-order valence-electron chi connectivity index (χ2n) is 4.23. The van der Waals surface area contributed by atoms with E-state index in [-0.39, 0.29) is 5.88 Å². The predicted octanol–water partition coefficient (Wildman–Crippen LogP) is 2.91. The molecule has 0 N–H and O–H groups in total. The van der Waals surface area contributed by atoms with Gasteiger partial charge in [-0.3, -0.25) is 0 Å². The summed E-state index contributed by atoms with van der Waals surface area (Å²) in [4.78, 5) is 3.45. The van der Waals surface area contributed by atoms with Crippen LogP contribution in [0.1, 0.15) is 18.5 Å². The highest BCUT2D eigenvalue weighted by Crippen LogP contribution is 2.28. The minimum Gasteiger partial charge on any atom is -0.477 e. The van der Waals surface area contributed by atoms with Crippen molar-refractivity contribution in [2.75, 3.05) is 19.8 Å². The molecule has 0 aromatic carbocycles. The van der Waals surface area contributed by atoms with Crippen molar-refractivity contribution in [2.45, 2.75) is 19.0 Å². The van der Waals surface area contributed by atoms with Gasteiger partial charge in [-0.15, -0.1) is 0 Å². The number of halogens is 3. The van der Waals surface area contributed by atoms with Gasteiger partial charge in [-0.1, -0.05) is 6.07 Å². The van der Waals surface area contributed by atoms with Crippen LogP contribution in [0.15, 0.2) is 18.2 Å². The molecule has 0 saturated carbocycles. The maximum atomic E-state index is 12.4. The molecular formula is C12H14F3NO2. The van der Waals surface area contributed by atoms with Crippen molar-refractivity contribution in [1.82, 2.24) is 4.98 Å². The van der Waals surface area contributed by atoms with Crippen LogP contribution in [0.5, 0.6) is 5.88 Å². The number of alkyl halides is 3. The molecule has 3 nitrogen and oxygen atoms in total. The maximum absolute atomic E-state index is 12.4. The SMILES string of the molecule is FC(F)(F)c1cccc(OCC2CCOCC2)n1. The van der Waals surface area contributed by atoms with Gasteiger partial charge >= 0.3 is 6.18 Å². The molecule has 0 atom stereocenters. The highest BCUT2D eigenvalue weighted by atomic mass is 19.4. The van der Waals surface area contributed by atoms with Crippen LogP contribution in [-0.4, -0.2) is 24.8 Å². The van der Waals surface area contributed by atoms with E-state index in [0.29, 0.717) is 25.7 Å². The number of aromatic nitrogens is 1. The van der Waals surface area contributed by atoms with Crippen LogP contribution in [0.2, 0.25) is 0 Å². The molecule has 1 aliphatic rings. The van der Waals surface area contributed by atoms with E-state index in [1.54, 1.807) is 0 Å². The molecule has 0 bridgehead atoms. The van der Waals surface area contributed by atoms with Crippen molar-refractivity contribution in [1.29, 1.82) is 0 Å². The maximum Gasteiger partial charge on any atom is 0.433 e. The summed E-state index contributed by atoms with van der Waals surface area (Å²) in [5, 5.41) is 0. The third kappa shape index (κ3) is 3.60. The largest absolute Gasteiger partial charge is 0.477 e. The molecule has 0 spiro atoms. The Morgan fingerprint density at radius 2 is 2.00 bits per heavy atom. The molecule has 18 heavy (non-hydrogen) atoms. The van der Waals surface area contributed by atoms with Crippen molar-refractivity contribution in [3.8, 4) is 5.88 Å². The van der Waals surface area contributed by atoms with Gasteiger partial charge in [0, 0.05) is 19.3 Å². The summed E-state index contributed by atoms with van der Waals surface area (Å²) in [6.07, 6.45) is -2.68. The fraction of sp³-hybridized carbons (Fsp3) is 0.583. The lowest BCUT2D eigenvalue weighted by Gasteiger charge is -2.21. The predicted molar refractivity (Wildman–Crippen MR) is 58.3 cm³/mol. The van der Waals surface area contributed by atoms with Crippen molar-refractivity contribution < 1.29 is 22.6 Å². The molecule has 100 valence electrons. The first kappa shape index (κ1) is 13.1. The highest BCUT2D eigenvalue weighted by molar-refractivity contribution is 5.17. The first-order valence-corrected chi connectivity index (χ1v) is 5.80. The zero-order valence-electron chi connectivity index (χ0n) is 9.74. The first-order chi connectivity index (χ1) is 8.55. The third-order valence-corrected chi connectivity index (χ3v) is 2.82. The van der Waals surface area contributed by atoms with E-state index in [0.717, 1.165) is 18.9 Å². The lowest BCUT2D eigenvalue weighted by Crippen LogP contribution is -2.21. The quantitative estimate of drug-likeness (QED) is 0.838. The zero-order chi connectivity index (χ0) is 13.0. The van der Waals surface area contributed by atoms with Crippen LogP contribution in [-0.2, 0) is 10.9 Å². The van der Waals surface area contributed by atoms with Gasteiger partial charge in [-0.25, -0.2) is 4.98 Å². The zero-order valence-corrected chi connectivity index (χ0v) is 9.74. The Bertz CT molecular complexity index is 389. The number of hydrogen-bond donors (Lipinski definition) is 0. The molecule has 2 rings (SSSR count). The smallest absolute Gasteiger partial charge is 0.433 e. The number of rotatable bonds is 3. The van der Waals surface area contributed by atoms with Gasteiger partial charge in [-0.2, -0.15) is 13.2 Å². The van der Waals surface area contributed by atoms with Gasteiger partial charge in [0.1, 0.15) is 5.69 Å². The minimum atomic E-state index is -4.43. The van der Waals surface area contributed by atoms with Crippen LogP contribution < -0.4 is 4.74 Å². The molecule has 1 aromatic rings. The average Bonchev–Trinajstić information content (AvgIpc) is 2.37. The molecule has 1 aliphatic heterocycles. The minimum absolute atomic E-state index is 0.0244. The topological polar surface area (TPSA) is 31.4 Å². The first-order valence-electron chi connectivity index (χ1n) is 5.80. The summed E-state index contributed by atoms with van der Waals surface area (Å²) in [7, 11) is 0. The standard InChI is InChI=1S/C12H14F3NO2/c13-12(14,15)10-2-1-3-11(16-10)18-8-9-4-6-17-7-5-9/h1-3,9H,4-8H2. The molecule has 0 radical (unpaired) electrons. The van der Waals surface area contributed by atoms with E-state index in [4.69, 9.17) is 9.47 Å². The van der Waals surface area contributed by atoms with Crippen molar-refractivity contribution >= 4 is 0 Å². The van der Waals surface area contributed by atoms with Gasteiger partial charge in [0.2, 0.25) is 5.88 Å². The highest BCUT2D eigenvalue weighted by Gasteiger charge is 2.32. The molecule has 1 aromatic heterocycles. The lowest BCUT2D eigenvalue weighted by atomic mass is 10.0. The third-order valence-electron chi connectivity index (χ3n) is 2.82. The second-order valence-corrected chi connectivity index (χ2v) is 4.23. The Morgan fingerprint density at radius 1 is 1.28 bits per heavy atom. The monoisotopic (exact) mass is 261 g/mol. The molecule has 2 heterocycles. The Hall–Kier alpha value is -1.30. The number of pyridine rings is 1. The van der Waals surface area contributed by atoms with Crippen molar-refractivity contribution in [3.05, 3.63) is 23.9 Å². The van der Waals surface area contributed by atoms with Crippen molar-refractivity contribution in [3.63, 3.8) is 0 Å². The Kier molecular flexibility index (Phi) is 4.06. The van der Waals surface area contributed by atoms with E-state index in [1.807, 2.05) is 0 Å². The summed E-state index contributed by atoms with van der Waals surface area (Å²) in [6.45, 7) is 1.76. The molecule has 0 amide bonds. The summed E-state index contributed by atoms with van der Waals surface area (Å²) < 4.78 is 47.8. The summed E-state index contributed by atoms with van der Waals surface area (Å²) in [5.41, 5.74) is -0.924. The fourth-order valence-electron chi connectivity index (χ4n) is 1.77. The number of ether oxygens (including phenoxy) is 2. The number of nitrogens with zero attached hydrogens (tertiary/aromatic N) is 1. The Morgan fingerprint density at radius 3 is 2.67 bits per heavy atom. The van der Waals surface area contributed by atoms with Crippen molar-refractivity contribution in [2.24, 2.45) is 5.92 Å². The average molecular weight is 261 g/mol. The van der Waals surface area contributed by atoms with Crippen LogP contribution in [0.3, 0.4) is 0 Å². The summed E-state index contributed by atoms with van der Waals surface area (Å²) in [5.74, 6) is 0.353. The summed E-state index contributed by atoms with van der Waals surface area (Å²) >= 11 is 0. The Balaban J connectivity index is 1.92. The molecule has 1 saturated heterocycles. The van der Waals surface area contributed by atoms with E-state index >= 15 is 0 Å². The normalized spacial score (nSPS) is 17.7. The molecule has 6 heteroatoms. The molecule has 0 unspecified atom stereocenters. The van der Waals surface area contributed by atoms with Crippen LogP contribution >= 0.6 is 0 Å². The van der Waals surface area contributed by atoms with E-state index in [2.05, 4.69) is 4.98 Å². The van der Waals surface area contributed by atoms with Gasteiger partial charge in [-0.05, 0) is 24.8 Å². The van der Waals surface area contributed by atoms with Crippen LogP contribution in [0.4, 0.5) is 13.2 Å². The van der Waals surface area contributed by atoms with Gasteiger partial charge in [0.25, 0.3) is 0 Å².